The highest BCUT2D eigenvalue weighted by atomic mass is 16.6. The molecule has 5 heteroatoms. The number of unbranched alkanes of at least 4 members (excludes halogenated alkanes) is 16. The molecule has 0 bridgehead atoms. The van der Waals surface area contributed by atoms with Crippen LogP contribution in [0.2, 0.25) is 0 Å². The maximum absolute atomic E-state index is 6.61. The van der Waals surface area contributed by atoms with Crippen LogP contribution in [0.4, 0.5) is 0 Å². The van der Waals surface area contributed by atoms with Crippen LogP contribution in [0, 0.1) is 0 Å². The second kappa shape index (κ2) is 24.2. The fourth-order valence-electron chi connectivity index (χ4n) is 5.78. The van der Waals surface area contributed by atoms with Crippen LogP contribution in [0.25, 0.3) is 0 Å². The SMILES string of the molecule is CCCCCCCCCCCN(C)C1CCOCCC(N(C)CCCCCCCCCCC)Oc2ccccc2O1. The summed E-state index contributed by atoms with van der Waals surface area (Å²) in [5, 5.41) is 0. The third kappa shape index (κ3) is 16.8. The Kier molecular flexibility index (Phi) is 21.2. The molecule has 5 nitrogen and oxygen atoms in total. The molecule has 1 aromatic carbocycles. The third-order valence-electron chi connectivity index (χ3n) is 8.61. The van der Waals surface area contributed by atoms with E-state index < -0.39 is 0 Å². The number of ether oxygens (including phenoxy) is 3. The highest BCUT2D eigenvalue weighted by Gasteiger charge is 2.23. The second-order valence-corrected chi connectivity index (χ2v) is 12.4. The zero-order valence-electron chi connectivity index (χ0n) is 27.6. The first-order chi connectivity index (χ1) is 20.2. The van der Waals surface area contributed by atoms with E-state index >= 15 is 0 Å². The van der Waals surface area contributed by atoms with Gasteiger partial charge < -0.3 is 14.2 Å². The summed E-state index contributed by atoms with van der Waals surface area (Å²) in [5.74, 6) is 1.69. The molecule has 0 saturated heterocycles. The molecule has 1 aliphatic heterocycles. The average molecular weight is 575 g/mol. The molecule has 0 aromatic heterocycles. The van der Waals surface area contributed by atoms with E-state index in [1.54, 1.807) is 0 Å². The number of hydrogen-bond donors (Lipinski definition) is 0. The quantitative estimate of drug-likeness (QED) is 0.129. The minimum atomic E-state index is -0.00922. The summed E-state index contributed by atoms with van der Waals surface area (Å²) in [4.78, 5) is 4.74. The lowest BCUT2D eigenvalue weighted by Gasteiger charge is -2.30. The van der Waals surface area contributed by atoms with Crippen molar-refractivity contribution in [2.24, 2.45) is 0 Å². The van der Waals surface area contributed by atoms with E-state index in [1.807, 2.05) is 0 Å². The van der Waals surface area contributed by atoms with Crippen molar-refractivity contribution in [3.63, 3.8) is 0 Å². The maximum Gasteiger partial charge on any atom is 0.163 e. The number of benzene rings is 1. The van der Waals surface area contributed by atoms with E-state index in [4.69, 9.17) is 14.2 Å². The topological polar surface area (TPSA) is 34.2 Å². The van der Waals surface area contributed by atoms with Crippen molar-refractivity contribution in [3.8, 4) is 11.5 Å². The van der Waals surface area contributed by atoms with Gasteiger partial charge in [0.15, 0.2) is 24.0 Å². The van der Waals surface area contributed by atoms with Crippen LogP contribution in [-0.4, -0.2) is 62.7 Å². The molecular weight excluding hydrogens is 508 g/mol. The lowest BCUT2D eigenvalue weighted by molar-refractivity contribution is 0.00222. The Labute approximate surface area is 254 Å². The molecule has 1 aromatic rings. The molecule has 0 radical (unpaired) electrons. The van der Waals surface area contributed by atoms with Gasteiger partial charge in [-0.25, -0.2) is 0 Å². The minimum Gasteiger partial charge on any atom is -0.471 e. The van der Waals surface area contributed by atoms with Gasteiger partial charge in [0, 0.05) is 25.9 Å². The zero-order valence-corrected chi connectivity index (χ0v) is 27.6. The van der Waals surface area contributed by atoms with Crippen LogP contribution >= 0.6 is 0 Å². The van der Waals surface area contributed by atoms with Gasteiger partial charge in [0.25, 0.3) is 0 Å². The highest BCUT2D eigenvalue weighted by molar-refractivity contribution is 5.39. The molecule has 238 valence electrons. The van der Waals surface area contributed by atoms with E-state index in [0.29, 0.717) is 13.2 Å². The second-order valence-electron chi connectivity index (χ2n) is 12.4. The zero-order chi connectivity index (χ0) is 29.4. The summed E-state index contributed by atoms with van der Waals surface area (Å²) < 4.78 is 19.3. The van der Waals surface area contributed by atoms with Crippen LogP contribution in [0.1, 0.15) is 142 Å². The van der Waals surface area contributed by atoms with Crippen molar-refractivity contribution >= 4 is 0 Å². The monoisotopic (exact) mass is 575 g/mol. The summed E-state index contributed by atoms with van der Waals surface area (Å²) in [6.45, 7) is 8.09. The Morgan fingerprint density at radius 2 is 0.878 bits per heavy atom. The van der Waals surface area contributed by atoms with Gasteiger partial charge in [-0.15, -0.1) is 0 Å². The van der Waals surface area contributed by atoms with Crippen molar-refractivity contribution in [1.82, 2.24) is 9.80 Å². The lowest BCUT2D eigenvalue weighted by Crippen LogP contribution is -2.38. The smallest absolute Gasteiger partial charge is 0.163 e. The molecule has 2 atom stereocenters. The molecule has 1 heterocycles. The molecule has 0 saturated carbocycles. The first-order valence-electron chi connectivity index (χ1n) is 17.6. The average Bonchev–Trinajstić information content (AvgIpc) is 3.02. The van der Waals surface area contributed by atoms with Gasteiger partial charge >= 0.3 is 0 Å². The van der Waals surface area contributed by atoms with Gasteiger partial charge in [-0.3, -0.25) is 9.80 Å². The van der Waals surface area contributed by atoms with Gasteiger partial charge in [0.1, 0.15) is 0 Å². The van der Waals surface area contributed by atoms with E-state index in [0.717, 1.165) is 37.4 Å². The lowest BCUT2D eigenvalue weighted by atomic mass is 10.1. The summed E-state index contributed by atoms with van der Waals surface area (Å²) in [5.41, 5.74) is 0. The van der Waals surface area contributed by atoms with Crippen molar-refractivity contribution < 1.29 is 14.2 Å². The molecular formula is C36H66N2O3. The van der Waals surface area contributed by atoms with Crippen LogP contribution in [0.5, 0.6) is 11.5 Å². The van der Waals surface area contributed by atoms with Gasteiger partial charge in [0.05, 0.1) is 13.2 Å². The van der Waals surface area contributed by atoms with Crippen molar-refractivity contribution in [3.05, 3.63) is 24.3 Å². The van der Waals surface area contributed by atoms with Crippen LogP contribution in [0.3, 0.4) is 0 Å². The van der Waals surface area contributed by atoms with Crippen molar-refractivity contribution in [1.29, 1.82) is 0 Å². The van der Waals surface area contributed by atoms with Crippen LogP contribution in [0.15, 0.2) is 24.3 Å². The number of para-hydroxylation sites is 2. The first kappa shape index (κ1) is 35.9. The van der Waals surface area contributed by atoms with Gasteiger partial charge in [-0.2, -0.15) is 0 Å². The van der Waals surface area contributed by atoms with E-state index in [9.17, 15) is 0 Å². The van der Waals surface area contributed by atoms with E-state index in [2.05, 4.69) is 62.0 Å². The fraction of sp³-hybridized carbons (Fsp3) is 0.833. The van der Waals surface area contributed by atoms with E-state index in [1.165, 1.54) is 116 Å². The molecule has 0 N–H and O–H groups in total. The summed E-state index contributed by atoms with van der Waals surface area (Å²) in [7, 11) is 4.39. The van der Waals surface area contributed by atoms with Crippen molar-refractivity contribution in [2.75, 3.05) is 40.4 Å². The predicted molar refractivity (Wildman–Crippen MR) is 175 cm³/mol. The number of nitrogens with zero attached hydrogens (tertiary/aromatic N) is 2. The molecule has 41 heavy (non-hydrogen) atoms. The van der Waals surface area contributed by atoms with Gasteiger partial charge in [-0.1, -0.05) is 129 Å². The summed E-state index contributed by atoms with van der Waals surface area (Å²) in [6, 6.07) is 8.23. The standard InChI is InChI=1S/C36H66N2O3/c1-5-7-9-11-13-15-17-19-23-29-37(3)35-27-31-39-32-28-36(41-34-26-22-21-25-33(34)40-35)38(4)30-24-20-18-16-14-12-10-8-6-2/h21-22,25-26,35-36H,5-20,23-24,27-32H2,1-4H3. The molecule has 2 rings (SSSR count). The summed E-state index contributed by atoms with van der Waals surface area (Å²) in [6.07, 6.45) is 26.0. The Hall–Kier alpha value is -1.30. The largest absolute Gasteiger partial charge is 0.471 e. The van der Waals surface area contributed by atoms with E-state index in [-0.39, 0.29) is 12.5 Å². The number of hydrogen-bond acceptors (Lipinski definition) is 5. The Morgan fingerprint density at radius 1 is 0.537 bits per heavy atom. The Morgan fingerprint density at radius 3 is 1.24 bits per heavy atom. The van der Waals surface area contributed by atoms with Gasteiger partial charge in [-0.05, 0) is 39.1 Å². The molecule has 0 fully saturated rings. The number of rotatable bonds is 22. The maximum atomic E-state index is 6.61. The molecule has 0 amide bonds. The molecule has 2 unspecified atom stereocenters. The molecule has 1 aliphatic rings. The molecule has 0 spiro atoms. The minimum absolute atomic E-state index is 0.00922. The van der Waals surface area contributed by atoms with Crippen molar-refractivity contribution in [2.45, 2.75) is 155 Å². The van der Waals surface area contributed by atoms with Crippen LogP contribution < -0.4 is 9.47 Å². The first-order valence-corrected chi connectivity index (χ1v) is 17.6. The normalized spacial score (nSPS) is 18.1. The summed E-state index contributed by atoms with van der Waals surface area (Å²) >= 11 is 0. The number of fused-ring (bicyclic) bond motifs is 1. The van der Waals surface area contributed by atoms with Gasteiger partial charge in [0.2, 0.25) is 0 Å². The third-order valence-corrected chi connectivity index (χ3v) is 8.61. The predicted octanol–water partition coefficient (Wildman–Crippen LogP) is 9.83. The molecule has 0 aliphatic carbocycles. The fourth-order valence-corrected chi connectivity index (χ4v) is 5.78. The van der Waals surface area contributed by atoms with Crippen LogP contribution in [-0.2, 0) is 4.74 Å². The Bertz CT molecular complexity index is 672. The Balaban J connectivity index is 1.79. The highest BCUT2D eigenvalue weighted by Crippen LogP contribution is 2.31.